The molecule has 28 heavy (non-hydrogen) atoms. The van der Waals surface area contributed by atoms with Crippen LogP contribution in [-0.2, 0) is 4.74 Å². The molecule has 9 nitrogen and oxygen atoms in total. The summed E-state index contributed by atoms with van der Waals surface area (Å²) in [6.07, 6.45) is 2.49. The molecule has 4 rings (SSSR count). The minimum absolute atomic E-state index is 0.230. The lowest BCUT2D eigenvalue weighted by Crippen LogP contribution is -2.33. The maximum absolute atomic E-state index is 12.2. The number of aromatic amines is 1. The molecule has 3 atom stereocenters. The van der Waals surface area contributed by atoms with E-state index in [2.05, 4.69) is 31.2 Å². The van der Waals surface area contributed by atoms with E-state index in [9.17, 15) is 14.7 Å². The fraction of sp³-hybridized carbons (Fsp3) is 0.333. The summed E-state index contributed by atoms with van der Waals surface area (Å²) in [7, 11) is 0. The van der Waals surface area contributed by atoms with Gasteiger partial charge in [0.1, 0.15) is 18.0 Å². The number of benzene rings is 1. The Morgan fingerprint density at radius 1 is 1.29 bits per heavy atom. The number of halogens is 1. The predicted molar refractivity (Wildman–Crippen MR) is 104 cm³/mol. The van der Waals surface area contributed by atoms with Crippen LogP contribution < -0.4 is 11.2 Å². The summed E-state index contributed by atoms with van der Waals surface area (Å²) >= 11 is 3.40. The Kier molecular flexibility index (Phi) is 5.00. The van der Waals surface area contributed by atoms with Gasteiger partial charge >= 0.3 is 5.69 Å². The molecule has 0 saturated carbocycles. The highest BCUT2D eigenvalue weighted by Gasteiger charge is 2.38. The fourth-order valence-corrected chi connectivity index (χ4v) is 3.58. The lowest BCUT2D eigenvalue weighted by molar-refractivity contribution is -0.0323. The number of hydrogen-bond acceptors (Lipinski definition) is 6. The maximum Gasteiger partial charge on any atom is 0.330 e. The average Bonchev–Trinajstić information content (AvgIpc) is 3.32. The number of aryl methyl sites for hydroxylation is 1. The molecule has 0 spiro atoms. The molecular formula is C18H18BrN5O4. The zero-order valence-corrected chi connectivity index (χ0v) is 16.5. The molecule has 1 unspecified atom stereocenters. The van der Waals surface area contributed by atoms with Crippen LogP contribution in [0.3, 0.4) is 0 Å². The van der Waals surface area contributed by atoms with Gasteiger partial charge in [0.15, 0.2) is 0 Å². The largest absolute Gasteiger partial charge is 0.394 e. The number of ether oxygens (including phenoxy) is 1. The molecule has 0 amide bonds. The minimum atomic E-state index is -0.620. The first-order valence-electron chi connectivity index (χ1n) is 8.72. The molecule has 1 saturated heterocycles. The summed E-state index contributed by atoms with van der Waals surface area (Å²) in [5.41, 5.74) is 1.05. The van der Waals surface area contributed by atoms with E-state index in [1.165, 1.54) is 10.8 Å². The SMILES string of the molecule is Cc1cn(C2C[C@H](n3cc(-c4ccc(Br)cc4)nn3)[C@@H](CO)O2)c(=O)[nH]c1=O. The van der Waals surface area contributed by atoms with Crippen molar-refractivity contribution in [3.05, 3.63) is 67.5 Å². The Morgan fingerprint density at radius 2 is 2.04 bits per heavy atom. The summed E-state index contributed by atoms with van der Waals surface area (Å²) in [5, 5.41) is 18.2. The summed E-state index contributed by atoms with van der Waals surface area (Å²) in [6.45, 7) is 1.39. The van der Waals surface area contributed by atoms with Crippen LogP contribution in [0.15, 0.2) is 50.7 Å². The first-order chi connectivity index (χ1) is 13.5. The molecule has 1 fully saturated rings. The van der Waals surface area contributed by atoms with Crippen molar-refractivity contribution in [3.8, 4) is 11.3 Å². The molecule has 0 radical (unpaired) electrons. The van der Waals surface area contributed by atoms with Gasteiger partial charge in [-0.2, -0.15) is 0 Å². The number of hydrogen-bond donors (Lipinski definition) is 2. The smallest absolute Gasteiger partial charge is 0.330 e. The Hall–Kier alpha value is -2.56. The van der Waals surface area contributed by atoms with E-state index >= 15 is 0 Å². The maximum atomic E-state index is 12.2. The molecule has 1 aliphatic heterocycles. The van der Waals surface area contributed by atoms with E-state index in [-0.39, 0.29) is 12.6 Å². The summed E-state index contributed by atoms with van der Waals surface area (Å²) in [4.78, 5) is 26.0. The third-order valence-electron chi connectivity index (χ3n) is 4.83. The zero-order chi connectivity index (χ0) is 19.8. The van der Waals surface area contributed by atoms with Gasteiger partial charge in [-0.3, -0.25) is 14.3 Å². The van der Waals surface area contributed by atoms with Gasteiger partial charge in [0.05, 0.1) is 18.8 Å². The number of aromatic nitrogens is 5. The Morgan fingerprint density at radius 3 is 2.75 bits per heavy atom. The van der Waals surface area contributed by atoms with E-state index in [0.717, 1.165) is 10.0 Å². The van der Waals surface area contributed by atoms with Crippen LogP contribution in [0.25, 0.3) is 11.3 Å². The van der Waals surface area contributed by atoms with Crippen molar-refractivity contribution >= 4 is 15.9 Å². The third-order valence-corrected chi connectivity index (χ3v) is 5.36. The number of aliphatic hydroxyl groups is 1. The second kappa shape index (κ2) is 7.46. The molecule has 10 heteroatoms. The quantitative estimate of drug-likeness (QED) is 0.624. The molecule has 1 aliphatic rings. The van der Waals surface area contributed by atoms with E-state index in [4.69, 9.17) is 4.74 Å². The Balaban J connectivity index is 1.62. The lowest BCUT2D eigenvalue weighted by atomic mass is 10.1. The van der Waals surface area contributed by atoms with E-state index in [1.807, 2.05) is 24.3 Å². The van der Waals surface area contributed by atoms with Gasteiger partial charge in [0, 0.05) is 28.2 Å². The summed E-state index contributed by atoms with van der Waals surface area (Å²) in [5.74, 6) is 0. The van der Waals surface area contributed by atoms with E-state index < -0.39 is 23.6 Å². The van der Waals surface area contributed by atoms with Crippen LogP contribution >= 0.6 is 15.9 Å². The normalized spacial score (nSPS) is 21.9. The molecule has 0 aliphatic carbocycles. The fourth-order valence-electron chi connectivity index (χ4n) is 3.32. The number of rotatable bonds is 4. The molecule has 146 valence electrons. The zero-order valence-electron chi connectivity index (χ0n) is 14.9. The van der Waals surface area contributed by atoms with Crippen LogP contribution in [0.5, 0.6) is 0 Å². The second-order valence-corrected chi connectivity index (χ2v) is 7.60. The highest BCUT2D eigenvalue weighted by molar-refractivity contribution is 9.10. The first kappa shape index (κ1) is 18.8. The number of nitrogens with zero attached hydrogens (tertiary/aromatic N) is 4. The summed E-state index contributed by atoms with van der Waals surface area (Å²) < 4.78 is 9.83. The van der Waals surface area contributed by atoms with E-state index in [0.29, 0.717) is 17.7 Å². The van der Waals surface area contributed by atoms with Gasteiger partial charge in [0.2, 0.25) is 0 Å². The lowest BCUT2D eigenvalue weighted by Gasteiger charge is -2.15. The molecule has 1 aromatic carbocycles. The Labute approximate surface area is 167 Å². The van der Waals surface area contributed by atoms with Crippen molar-refractivity contribution in [1.29, 1.82) is 0 Å². The molecular weight excluding hydrogens is 430 g/mol. The van der Waals surface area contributed by atoms with Crippen LogP contribution in [0.2, 0.25) is 0 Å². The van der Waals surface area contributed by atoms with Gasteiger partial charge < -0.3 is 9.84 Å². The van der Waals surface area contributed by atoms with Crippen LogP contribution in [0.4, 0.5) is 0 Å². The highest BCUT2D eigenvalue weighted by atomic mass is 79.9. The van der Waals surface area contributed by atoms with Gasteiger partial charge in [-0.05, 0) is 19.1 Å². The van der Waals surface area contributed by atoms with E-state index in [1.54, 1.807) is 17.8 Å². The van der Waals surface area contributed by atoms with Crippen molar-refractivity contribution < 1.29 is 9.84 Å². The summed E-state index contributed by atoms with van der Waals surface area (Å²) in [6, 6.07) is 7.40. The van der Waals surface area contributed by atoms with Gasteiger partial charge in [-0.15, -0.1) is 5.10 Å². The first-order valence-corrected chi connectivity index (χ1v) is 9.51. The molecule has 0 bridgehead atoms. The van der Waals surface area contributed by atoms with Crippen molar-refractivity contribution in [3.63, 3.8) is 0 Å². The molecule has 3 aromatic rings. The standard InChI is InChI=1S/C18H18BrN5O4/c1-10-7-23(18(27)20-17(10)26)16-6-14(15(9-25)28-16)24-8-13(21-22-24)11-2-4-12(19)5-3-11/h2-5,7-8,14-16,25H,6,9H2,1H3,(H,20,26,27)/t14-,15+,16?/m0/s1. The number of aliphatic hydroxyl groups excluding tert-OH is 1. The molecule has 2 N–H and O–H groups in total. The predicted octanol–water partition coefficient (Wildman–Crippen LogP) is 1.39. The van der Waals surface area contributed by atoms with Crippen molar-refractivity contribution in [1.82, 2.24) is 24.5 Å². The van der Waals surface area contributed by atoms with Gasteiger partial charge in [-0.1, -0.05) is 33.3 Å². The van der Waals surface area contributed by atoms with Gasteiger partial charge in [-0.25, -0.2) is 9.48 Å². The number of nitrogens with one attached hydrogen (secondary N) is 1. The average molecular weight is 448 g/mol. The van der Waals surface area contributed by atoms with Crippen LogP contribution in [-0.4, -0.2) is 42.4 Å². The minimum Gasteiger partial charge on any atom is -0.394 e. The van der Waals surface area contributed by atoms with Gasteiger partial charge in [0.25, 0.3) is 5.56 Å². The third kappa shape index (κ3) is 3.46. The van der Waals surface area contributed by atoms with Crippen molar-refractivity contribution in [2.24, 2.45) is 0 Å². The second-order valence-electron chi connectivity index (χ2n) is 6.68. The number of H-pyrrole nitrogens is 1. The van der Waals surface area contributed by atoms with Crippen LogP contribution in [0, 0.1) is 6.92 Å². The molecule has 3 heterocycles. The topological polar surface area (TPSA) is 115 Å². The van der Waals surface area contributed by atoms with Crippen LogP contribution in [0.1, 0.15) is 24.3 Å². The Bertz CT molecular complexity index is 1100. The highest BCUT2D eigenvalue weighted by Crippen LogP contribution is 2.36. The monoisotopic (exact) mass is 447 g/mol. The molecule has 2 aromatic heterocycles. The van der Waals surface area contributed by atoms with Crippen molar-refractivity contribution in [2.75, 3.05) is 6.61 Å². The van der Waals surface area contributed by atoms with Crippen molar-refractivity contribution in [2.45, 2.75) is 31.7 Å².